The van der Waals surface area contributed by atoms with E-state index in [2.05, 4.69) is 10.6 Å². The smallest absolute Gasteiger partial charge is 0.408 e. The van der Waals surface area contributed by atoms with Gasteiger partial charge in [0, 0.05) is 12.1 Å². The van der Waals surface area contributed by atoms with E-state index < -0.39 is 36.3 Å². The lowest BCUT2D eigenvalue weighted by molar-refractivity contribution is -0.148. The molecule has 3 N–H and O–H groups in total. The summed E-state index contributed by atoms with van der Waals surface area (Å²) in [5.41, 5.74) is 0.913. The van der Waals surface area contributed by atoms with Gasteiger partial charge in [-0.3, -0.25) is 9.59 Å². The van der Waals surface area contributed by atoms with Crippen molar-refractivity contribution in [1.29, 1.82) is 0 Å². The van der Waals surface area contributed by atoms with Crippen LogP contribution in [0.5, 0.6) is 0 Å². The Bertz CT molecular complexity index is 814. The van der Waals surface area contributed by atoms with Crippen LogP contribution in [0.1, 0.15) is 71.0 Å². The molecule has 0 heterocycles. The summed E-state index contributed by atoms with van der Waals surface area (Å²) >= 11 is 0. The van der Waals surface area contributed by atoms with Crippen LogP contribution >= 0.6 is 0 Å². The normalized spacial score (nSPS) is 16.0. The summed E-state index contributed by atoms with van der Waals surface area (Å²) in [4.78, 5) is 40.7. The number of aliphatic hydroxyl groups is 1. The number of amides is 3. The first-order valence-electron chi connectivity index (χ1n) is 11.2. The topological polar surface area (TPSA) is 108 Å². The number of carbonyl (C=O) groups excluding carboxylic acids is 3. The van der Waals surface area contributed by atoms with Gasteiger partial charge >= 0.3 is 6.09 Å². The van der Waals surface area contributed by atoms with Crippen LogP contribution < -0.4 is 10.6 Å². The van der Waals surface area contributed by atoms with Crippen molar-refractivity contribution in [3.05, 3.63) is 35.4 Å². The van der Waals surface area contributed by atoms with Crippen LogP contribution in [-0.2, 0) is 14.3 Å². The Morgan fingerprint density at radius 2 is 1.84 bits per heavy atom. The van der Waals surface area contributed by atoms with E-state index in [-0.39, 0.29) is 18.0 Å². The highest BCUT2D eigenvalue weighted by molar-refractivity contribution is 5.92. The van der Waals surface area contributed by atoms with E-state index in [9.17, 15) is 19.5 Å². The number of alkyl carbamates (subject to hydrolysis) is 1. The third-order valence-corrected chi connectivity index (χ3v) is 5.21. The van der Waals surface area contributed by atoms with Crippen molar-refractivity contribution in [1.82, 2.24) is 15.5 Å². The summed E-state index contributed by atoms with van der Waals surface area (Å²) in [6.45, 7) is 10.2. The van der Waals surface area contributed by atoms with Gasteiger partial charge in [-0.15, -0.1) is 0 Å². The number of ether oxygens (including phenoxy) is 1. The second kappa shape index (κ2) is 10.8. The van der Waals surface area contributed by atoms with E-state index in [0.717, 1.165) is 24.8 Å². The van der Waals surface area contributed by atoms with Gasteiger partial charge in [-0.25, -0.2) is 4.79 Å². The minimum absolute atomic E-state index is 0.110. The average Bonchev–Trinajstić information content (AvgIpc) is 2.61. The van der Waals surface area contributed by atoms with E-state index in [1.54, 1.807) is 20.8 Å². The molecule has 1 saturated carbocycles. The highest BCUT2D eigenvalue weighted by atomic mass is 16.6. The van der Waals surface area contributed by atoms with E-state index in [1.165, 1.54) is 4.90 Å². The van der Waals surface area contributed by atoms with Crippen molar-refractivity contribution in [2.75, 3.05) is 6.61 Å². The monoisotopic (exact) mass is 447 g/mol. The Labute approximate surface area is 190 Å². The number of hydrogen-bond donors (Lipinski definition) is 3. The molecule has 0 aromatic heterocycles. The predicted molar refractivity (Wildman–Crippen MR) is 122 cm³/mol. The molecule has 1 aromatic carbocycles. The zero-order chi connectivity index (χ0) is 24.1. The number of nitrogens with one attached hydrogen (secondary N) is 2. The molecule has 2 atom stereocenters. The molecule has 178 valence electrons. The largest absolute Gasteiger partial charge is 0.444 e. The fourth-order valence-corrected chi connectivity index (χ4v) is 3.64. The molecule has 2 rings (SSSR count). The zero-order valence-electron chi connectivity index (χ0n) is 20.0. The van der Waals surface area contributed by atoms with Crippen LogP contribution in [0.15, 0.2) is 24.3 Å². The Morgan fingerprint density at radius 3 is 2.31 bits per heavy atom. The highest BCUT2D eigenvalue weighted by Gasteiger charge is 2.42. The summed E-state index contributed by atoms with van der Waals surface area (Å²) in [5.74, 6) is -0.798. The van der Waals surface area contributed by atoms with Crippen LogP contribution in [0, 0.1) is 6.92 Å². The second-order valence-electron chi connectivity index (χ2n) is 9.69. The van der Waals surface area contributed by atoms with Gasteiger partial charge in [0.25, 0.3) is 0 Å². The van der Waals surface area contributed by atoms with E-state index in [0.29, 0.717) is 5.56 Å². The molecule has 0 radical (unpaired) electrons. The molecule has 1 aromatic rings. The van der Waals surface area contributed by atoms with Crippen molar-refractivity contribution in [2.45, 2.75) is 90.6 Å². The molecule has 3 amide bonds. The summed E-state index contributed by atoms with van der Waals surface area (Å²) in [6.07, 6.45) is 1.67. The summed E-state index contributed by atoms with van der Waals surface area (Å²) in [5, 5.41) is 15.3. The van der Waals surface area contributed by atoms with Gasteiger partial charge in [-0.2, -0.15) is 0 Å². The lowest BCUT2D eigenvalue weighted by Gasteiger charge is -2.43. The number of nitrogens with zero attached hydrogens (tertiary/aromatic N) is 1. The number of aliphatic hydroxyl groups excluding tert-OH is 1. The number of aryl methyl sites for hydroxylation is 1. The molecule has 8 nitrogen and oxygen atoms in total. The van der Waals surface area contributed by atoms with Gasteiger partial charge in [0.1, 0.15) is 17.7 Å². The van der Waals surface area contributed by atoms with Crippen molar-refractivity contribution in [3.8, 4) is 0 Å². The first-order chi connectivity index (χ1) is 14.9. The van der Waals surface area contributed by atoms with Gasteiger partial charge in [0.15, 0.2) is 0 Å². The van der Waals surface area contributed by atoms with Gasteiger partial charge in [-0.05, 0) is 66.4 Å². The summed E-state index contributed by atoms with van der Waals surface area (Å²) in [6, 6.07) is 5.14. The number of hydrogen-bond acceptors (Lipinski definition) is 5. The van der Waals surface area contributed by atoms with Gasteiger partial charge in [-0.1, -0.05) is 29.8 Å². The molecule has 1 fully saturated rings. The molecule has 1 aliphatic rings. The summed E-state index contributed by atoms with van der Waals surface area (Å²) in [7, 11) is 0. The maximum absolute atomic E-state index is 13.6. The zero-order valence-corrected chi connectivity index (χ0v) is 20.0. The van der Waals surface area contributed by atoms with Crippen molar-refractivity contribution < 1.29 is 24.2 Å². The van der Waals surface area contributed by atoms with Crippen LogP contribution in [0.3, 0.4) is 0 Å². The van der Waals surface area contributed by atoms with Crippen LogP contribution in [0.4, 0.5) is 4.79 Å². The second-order valence-corrected chi connectivity index (χ2v) is 9.69. The molecule has 2 unspecified atom stereocenters. The van der Waals surface area contributed by atoms with Gasteiger partial charge in [0.2, 0.25) is 11.8 Å². The third-order valence-electron chi connectivity index (χ3n) is 5.21. The SMILES string of the molecule is Cc1cccc(C(C(=O)NC(C)C)N(C(=O)C(CO)NC(=O)OC(C)(C)C)C2CCC2)c1. The van der Waals surface area contributed by atoms with Crippen LogP contribution in [0.2, 0.25) is 0 Å². The van der Waals surface area contributed by atoms with E-state index in [1.807, 2.05) is 45.0 Å². The molecule has 32 heavy (non-hydrogen) atoms. The predicted octanol–water partition coefficient (Wildman–Crippen LogP) is 2.83. The first-order valence-corrected chi connectivity index (χ1v) is 11.2. The number of benzene rings is 1. The number of carbonyl (C=O) groups is 3. The lowest BCUT2D eigenvalue weighted by Crippen LogP contribution is -2.58. The number of rotatable bonds is 8. The minimum atomic E-state index is -1.22. The molecular weight excluding hydrogens is 410 g/mol. The molecule has 0 spiro atoms. The van der Waals surface area contributed by atoms with Crippen molar-refractivity contribution in [3.63, 3.8) is 0 Å². The quantitative estimate of drug-likeness (QED) is 0.568. The van der Waals surface area contributed by atoms with Crippen LogP contribution in [0.25, 0.3) is 0 Å². The fraction of sp³-hybridized carbons (Fsp3) is 0.625. The summed E-state index contributed by atoms with van der Waals surface area (Å²) < 4.78 is 5.25. The fourth-order valence-electron chi connectivity index (χ4n) is 3.64. The third kappa shape index (κ3) is 6.95. The van der Waals surface area contributed by atoms with Crippen molar-refractivity contribution >= 4 is 17.9 Å². The maximum atomic E-state index is 13.6. The molecular formula is C24H37N3O5. The molecule has 1 aliphatic carbocycles. The van der Waals surface area contributed by atoms with E-state index >= 15 is 0 Å². The minimum Gasteiger partial charge on any atom is -0.444 e. The van der Waals surface area contributed by atoms with Crippen LogP contribution in [-0.4, -0.2) is 58.2 Å². The Morgan fingerprint density at radius 1 is 1.19 bits per heavy atom. The molecule has 0 saturated heterocycles. The lowest BCUT2D eigenvalue weighted by atomic mass is 9.88. The van der Waals surface area contributed by atoms with Gasteiger partial charge < -0.3 is 25.4 Å². The standard InChI is InChI=1S/C24H37N3O5/c1-15(2)25-21(29)20(17-10-7-9-16(3)13-17)27(18-11-8-12-18)22(30)19(14-28)26-23(31)32-24(4,5)6/h7,9-10,13,15,18-20,28H,8,11-12,14H2,1-6H3,(H,25,29)(H,26,31). The van der Waals surface area contributed by atoms with E-state index in [4.69, 9.17) is 4.74 Å². The Kier molecular flexibility index (Phi) is 8.66. The molecule has 0 bridgehead atoms. The molecule has 0 aliphatic heterocycles. The maximum Gasteiger partial charge on any atom is 0.408 e. The average molecular weight is 448 g/mol. The van der Waals surface area contributed by atoms with Gasteiger partial charge in [0.05, 0.1) is 6.61 Å². The molecule has 8 heteroatoms. The highest BCUT2D eigenvalue weighted by Crippen LogP contribution is 2.34. The van der Waals surface area contributed by atoms with Crippen molar-refractivity contribution in [2.24, 2.45) is 0 Å². The first kappa shape index (κ1) is 25.6. The Balaban J connectivity index is 2.41. The Hall–Kier alpha value is -2.61.